The molecule has 0 aliphatic rings. The van der Waals surface area contributed by atoms with Crippen LogP contribution in [-0.2, 0) is 0 Å². The topological polar surface area (TPSA) is 51.8 Å². The highest BCUT2D eigenvalue weighted by atomic mass is 32.2. The SMILES string of the molecule is N#CSCCN(CCN=C=S)CCN=C=S. The van der Waals surface area contributed by atoms with Crippen LogP contribution in [0.3, 0.4) is 0 Å². The third kappa shape index (κ3) is 9.94. The lowest BCUT2D eigenvalue weighted by Gasteiger charge is -2.18. The fraction of sp³-hybridized carbons (Fsp3) is 0.667. The lowest BCUT2D eigenvalue weighted by atomic mass is 10.4. The fourth-order valence-electron chi connectivity index (χ4n) is 1.03. The summed E-state index contributed by atoms with van der Waals surface area (Å²) in [6, 6.07) is 0. The van der Waals surface area contributed by atoms with Crippen LogP contribution in [0.2, 0.25) is 0 Å². The van der Waals surface area contributed by atoms with Crippen molar-refractivity contribution in [2.45, 2.75) is 0 Å². The zero-order chi connectivity index (χ0) is 12.1. The van der Waals surface area contributed by atoms with Gasteiger partial charge in [-0.2, -0.15) is 5.26 Å². The molecule has 0 spiro atoms. The molecule has 0 N–H and O–H groups in total. The predicted molar refractivity (Wildman–Crippen MR) is 74.3 cm³/mol. The lowest BCUT2D eigenvalue weighted by molar-refractivity contribution is 0.308. The van der Waals surface area contributed by atoms with Gasteiger partial charge in [0.05, 0.1) is 23.4 Å². The zero-order valence-corrected chi connectivity index (χ0v) is 11.2. The van der Waals surface area contributed by atoms with Gasteiger partial charge < -0.3 is 0 Å². The average Bonchev–Trinajstić information content (AvgIpc) is 2.29. The highest BCUT2D eigenvalue weighted by molar-refractivity contribution is 8.03. The normalized spacial score (nSPS) is 9.00. The quantitative estimate of drug-likeness (QED) is 0.277. The Morgan fingerprint density at radius 1 is 1.06 bits per heavy atom. The van der Waals surface area contributed by atoms with E-state index in [0.717, 1.165) is 25.4 Å². The van der Waals surface area contributed by atoms with Gasteiger partial charge >= 0.3 is 0 Å². The zero-order valence-electron chi connectivity index (χ0n) is 8.76. The van der Waals surface area contributed by atoms with Crippen LogP contribution in [0.5, 0.6) is 0 Å². The van der Waals surface area contributed by atoms with E-state index >= 15 is 0 Å². The van der Waals surface area contributed by atoms with Gasteiger partial charge in [0.15, 0.2) is 0 Å². The minimum Gasteiger partial charge on any atom is -0.299 e. The van der Waals surface area contributed by atoms with Crippen LogP contribution in [-0.4, -0.2) is 53.7 Å². The Labute approximate surface area is 110 Å². The first kappa shape index (κ1) is 15.4. The van der Waals surface area contributed by atoms with Crippen LogP contribution in [0.1, 0.15) is 0 Å². The van der Waals surface area contributed by atoms with Gasteiger partial charge in [0.2, 0.25) is 0 Å². The van der Waals surface area contributed by atoms with Crippen molar-refractivity contribution in [3.8, 4) is 5.40 Å². The summed E-state index contributed by atoms with van der Waals surface area (Å²) in [6.07, 6.45) is 0. The number of hydrogen-bond donors (Lipinski definition) is 0. The third-order valence-corrected chi connectivity index (χ3v) is 2.53. The van der Waals surface area contributed by atoms with Crippen molar-refractivity contribution in [2.75, 3.05) is 38.5 Å². The molecule has 0 fully saturated rings. The molecule has 0 aliphatic heterocycles. The van der Waals surface area contributed by atoms with Crippen molar-refractivity contribution in [2.24, 2.45) is 9.98 Å². The molecular formula is C9H12N4S3. The summed E-state index contributed by atoms with van der Waals surface area (Å²) in [5.41, 5.74) is 0. The Hall–Kier alpha value is -0.600. The van der Waals surface area contributed by atoms with Gasteiger partial charge in [-0.1, -0.05) is 0 Å². The molecule has 0 saturated heterocycles. The van der Waals surface area contributed by atoms with Crippen LogP contribution in [0.25, 0.3) is 0 Å². The summed E-state index contributed by atoms with van der Waals surface area (Å²) < 4.78 is 0. The van der Waals surface area contributed by atoms with Crippen LogP contribution in [0.4, 0.5) is 0 Å². The first-order valence-electron chi connectivity index (χ1n) is 4.65. The van der Waals surface area contributed by atoms with Crippen molar-refractivity contribution in [3.05, 3.63) is 0 Å². The van der Waals surface area contributed by atoms with Crippen molar-refractivity contribution in [1.82, 2.24) is 4.90 Å². The molecule has 0 saturated carbocycles. The molecule has 0 bridgehead atoms. The largest absolute Gasteiger partial charge is 0.299 e. The van der Waals surface area contributed by atoms with Crippen molar-refractivity contribution in [1.29, 1.82) is 5.26 Å². The van der Waals surface area contributed by atoms with Gasteiger partial charge in [0, 0.05) is 25.4 Å². The Kier molecular flexibility index (Phi) is 12.0. The second kappa shape index (κ2) is 12.5. The minimum absolute atomic E-state index is 0.627. The second-order valence-corrected chi connectivity index (χ2v) is 3.97. The number of nitriles is 1. The Morgan fingerprint density at radius 2 is 1.62 bits per heavy atom. The average molecular weight is 272 g/mol. The maximum Gasteiger partial charge on any atom is 0.133 e. The molecule has 4 nitrogen and oxygen atoms in total. The van der Waals surface area contributed by atoms with Crippen LogP contribution < -0.4 is 0 Å². The summed E-state index contributed by atoms with van der Waals surface area (Å²) >= 11 is 10.2. The molecule has 0 aliphatic carbocycles. The molecular weight excluding hydrogens is 260 g/mol. The van der Waals surface area contributed by atoms with E-state index in [4.69, 9.17) is 5.26 Å². The molecule has 0 radical (unpaired) electrons. The number of aliphatic imine (C=N–C) groups is 2. The molecule has 0 aromatic carbocycles. The molecule has 0 aromatic rings. The standard InChI is InChI=1S/C9H12N4S3/c10-7-16-6-5-13(3-1-11-8-14)4-2-12-9-15/h1-6H2. The number of thiocarbonyl (C=S) groups is 2. The van der Waals surface area contributed by atoms with Crippen molar-refractivity contribution in [3.63, 3.8) is 0 Å². The van der Waals surface area contributed by atoms with Crippen molar-refractivity contribution >= 4 is 46.5 Å². The molecule has 0 atom stereocenters. The molecule has 0 amide bonds. The van der Waals surface area contributed by atoms with Crippen LogP contribution in [0.15, 0.2) is 9.98 Å². The van der Waals surface area contributed by atoms with Gasteiger partial charge in [-0.05, 0) is 36.2 Å². The Bertz CT molecular complexity index is 291. The van der Waals surface area contributed by atoms with Crippen LogP contribution >= 0.6 is 36.2 Å². The minimum atomic E-state index is 0.627. The van der Waals surface area contributed by atoms with E-state index in [0.29, 0.717) is 13.1 Å². The van der Waals surface area contributed by atoms with E-state index in [2.05, 4.69) is 49.6 Å². The van der Waals surface area contributed by atoms with E-state index in [-0.39, 0.29) is 0 Å². The van der Waals surface area contributed by atoms with Crippen molar-refractivity contribution < 1.29 is 0 Å². The first-order chi connectivity index (χ1) is 7.85. The Morgan fingerprint density at radius 3 is 2.06 bits per heavy atom. The maximum atomic E-state index is 8.42. The summed E-state index contributed by atoms with van der Waals surface area (Å²) in [4.78, 5) is 9.87. The summed E-state index contributed by atoms with van der Waals surface area (Å²) in [7, 11) is 0. The van der Waals surface area contributed by atoms with Gasteiger partial charge in [-0.25, -0.2) is 9.98 Å². The smallest absolute Gasteiger partial charge is 0.133 e. The molecule has 0 unspecified atom stereocenters. The lowest BCUT2D eigenvalue weighted by Crippen LogP contribution is -2.31. The predicted octanol–water partition coefficient (Wildman–Crippen LogP) is 1.71. The number of hydrogen-bond acceptors (Lipinski definition) is 7. The molecule has 16 heavy (non-hydrogen) atoms. The molecule has 7 heteroatoms. The van der Waals surface area contributed by atoms with Gasteiger partial charge in [-0.3, -0.25) is 4.90 Å². The van der Waals surface area contributed by atoms with Gasteiger partial charge in [0.1, 0.15) is 5.40 Å². The summed E-state index contributed by atoms with van der Waals surface area (Å²) in [5.74, 6) is 0.777. The fourth-order valence-corrected chi connectivity index (χ4v) is 1.65. The molecule has 0 aromatic heterocycles. The highest BCUT2D eigenvalue weighted by Crippen LogP contribution is 1.98. The number of rotatable bonds is 9. The Balaban J connectivity index is 3.89. The van der Waals surface area contributed by atoms with E-state index in [9.17, 15) is 0 Å². The van der Waals surface area contributed by atoms with Crippen LogP contribution in [0, 0.1) is 10.7 Å². The van der Waals surface area contributed by atoms with E-state index in [1.807, 2.05) is 5.40 Å². The van der Waals surface area contributed by atoms with E-state index in [1.54, 1.807) is 0 Å². The summed E-state index contributed by atoms with van der Waals surface area (Å²) in [6.45, 7) is 3.67. The maximum absolute atomic E-state index is 8.42. The highest BCUT2D eigenvalue weighted by Gasteiger charge is 2.03. The molecule has 0 rings (SSSR count). The van der Waals surface area contributed by atoms with Gasteiger partial charge in [-0.15, -0.1) is 0 Å². The monoisotopic (exact) mass is 272 g/mol. The summed E-state index contributed by atoms with van der Waals surface area (Å²) in [5, 5.41) is 15.1. The number of thioether (sulfide) groups is 1. The molecule has 86 valence electrons. The molecule has 0 heterocycles. The number of nitrogens with zero attached hydrogens (tertiary/aromatic N) is 4. The van der Waals surface area contributed by atoms with E-state index < -0.39 is 0 Å². The number of thiocyanates is 1. The second-order valence-electron chi connectivity index (χ2n) is 2.73. The van der Waals surface area contributed by atoms with E-state index in [1.165, 1.54) is 11.8 Å². The third-order valence-electron chi connectivity index (χ3n) is 1.76. The first-order valence-corrected chi connectivity index (χ1v) is 6.46. The number of isothiocyanates is 2. The van der Waals surface area contributed by atoms with Gasteiger partial charge in [0.25, 0.3) is 0 Å².